The van der Waals surface area contributed by atoms with Crippen molar-refractivity contribution in [2.45, 2.75) is 122 Å². The Kier molecular flexibility index (Phi) is 12.9. The third-order valence-electron chi connectivity index (χ3n) is 11.6. The molecule has 4 saturated heterocycles. The van der Waals surface area contributed by atoms with Crippen LogP contribution in [0.25, 0.3) is 11.1 Å². The lowest BCUT2D eigenvalue weighted by Gasteiger charge is -2.59. The number of halogens is 2. The van der Waals surface area contributed by atoms with Gasteiger partial charge in [-0.2, -0.15) is 0 Å². The van der Waals surface area contributed by atoms with Crippen LogP contribution in [0.3, 0.4) is 0 Å². The molecule has 2 aromatic carbocycles. The van der Waals surface area contributed by atoms with Crippen molar-refractivity contribution in [1.29, 1.82) is 0 Å². The van der Waals surface area contributed by atoms with E-state index in [0.29, 0.717) is 17.9 Å². The smallest absolute Gasteiger partial charge is 0.308 e. The van der Waals surface area contributed by atoms with Crippen molar-refractivity contribution < 1.29 is 56.7 Å². The minimum Gasteiger partial charge on any atom is -0.435 e. The van der Waals surface area contributed by atoms with E-state index in [1.54, 1.807) is 33.8 Å². The Morgan fingerprint density at radius 2 is 1.64 bits per heavy atom. The molecule has 1 saturated carbocycles. The number of fused-ring (bicyclic) bond motifs is 2. The maximum Gasteiger partial charge on any atom is 0.308 e. The first kappa shape index (κ1) is 43.1. The Morgan fingerprint density at radius 1 is 0.897 bits per heavy atom. The van der Waals surface area contributed by atoms with E-state index < -0.39 is 83.2 Å². The summed E-state index contributed by atoms with van der Waals surface area (Å²) < 4.78 is 47.4. The summed E-state index contributed by atoms with van der Waals surface area (Å²) in [5.74, 6) is -5.57. The van der Waals surface area contributed by atoms with Gasteiger partial charge in [0.25, 0.3) is 5.91 Å². The molecule has 4 aliphatic heterocycles. The standard InChI is InChI=1S/C42H54F2N4O10/c1-23-11-13-29-24(2)38(55-39-42(29)28(23)17-18-41(6,56-39)57-58-42)54-35(51)16-15-33(49)47-32(22-34(50)48-40(3,4)5)37(53)46-20-19-45-36(52)27-21-25(12-14-31(27)44)26-9-7-8-10-30(26)43/h7-10,12,14,21,23-24,28-29,32,38-39H,11,13,15-20,22H2,1-6H3,(H,45,52)(H,46,53)(H,47,49)(H,48,50)/t23-,24-,28+,29+,32+,38-,39-,41-,42-/m1/s1. The highest BCUT2D eigenvalue weighted by Crippen LogP contribution is 2.60. The van der Waals surface area contributed by atoms with Gasteiger partial charge in [0.05, 0.1) is 18.4 Å². The van der Waals surface area contributed by atoms with Gasteiger partial charge in [0.2, 0.25) is 29.8 Å². The Morgan fingerprint density at radius 3 is 2.38 bits per heavy atom. The molecule has 5 aliphatic rings. The van der Waals surface area contributed by atoms with Gasteiger partial charge < -0.3 is 35.5 Å². The van der Waals surface area contributed by atoms with Gasteiger partial charge in [-0.1, -0.05) is 38.1 Å². The van der Waals surface area contributed by atoms with Crippen molar-refractivity contribution in [3.63, 3.8) is 0 Å². The summed E-state index contributed by atoms with van der Waals surface area (Å²) in [7, 11) is 0. The minimum absolute atomic E-state index is 0.0685. The molecule has 14 nitrogen and oxygen atoms in total. The summed E-state index contributed by atoms with van der Waals surface area (Å²) >= 11 is 0. The van der Waals surface area contributed by atoms with Crippen molar-refractivity contribution in [3.8, 4) is 11.1 Å². The molecule has 4 amide bonds. The zero-order valence-electron chi connectivity index (χ0n) is 33.8. The fourth-order valence-electron chi connectivity index (χ4n) is 8.68. The maximum absolute atomic E-state index is 14.6. The second-order valence-electron chi connectivity index (χ2n) is 17.1. The van der Waals surface area contributed by atoms with Crippen molar-refractivity contribution in [2.75, 3.05) is 13.1 Å². The molecule has 2 bridgehead atoms. The van der Waals surface area contributed by atoms with E-state index >= 15 is 0 Å². The molecule has 7 rings (SSSR count). The number of nitrogens with one attached hydrogen (secondary N) is 4. The van der Waals surface area contributed by atoms with Crippen LogP contribution in [0.5, 0.6) is 0 Å². The number of hydrogen-bond donors (Lipinski definition) is 4. The Hall–Kier alpha value is -4.51. The van der Waals surface area contributed by atoms with E-state index in [0.717, 1.165) is 25.3 Å². The number of esters is 1. The average molecular weight is 813 g/mol. The number of carbonyl (C=O) groups is 5. The fraction of sp³-hybridized carbons (Fsp3) is 0.595. The first-order chi connectivity index (χ1) is 27.4. The number of ether oxygens (including phenoxy) is 3. The average Bonchev–Trinajstić information content (AvgIpc) is 3.39. The number of hydrogen-bond acceptors (Lipinski definition) is 10. The Balaban J connectivity index is 1.02. The molecular weight excluding hydrogens is 758 g/mol. The Labute approximate surface area is 336 Å². The van der Waals surface area contributed by atoms with Crippen LogP contribution >= 0.6 is 0 Å². The predicted octanol–water partition coefficient (Wildman–Crippen LogP) is 4.80. The van der Waals surface area contributed by atoms with Gasteiger partial charge in [-0.3, -0.25) is 24.0 Å². The first-order valence-corrected chi connectivity index (χ1v) is 20.0. The summed E-state index contributed by atoms with van der Waals surface area (Å²) in [6.45, 7) is 11.0. The van der Waals surface area contributed by atoms with E-state index in [1.807, 2.05) is 6.92 Å². The van der Waals surface area contributed by atoms with Crippen LogP contribution in [-0.4, -0.2) is 78.2 Å². The van der Waals surface area contributed by atoms with Gasteiger partial charge >= 0.3 is 5.97 Å². The number of carbonyl (C=O) groups excluding carboxylic acids is 5. The predicted molar refractivity (Wildman–Crippen MR) is 204 cm³/mol. The highest BCUT2D eigenvalue weighted by molar-refractivity contribution is 5.96. The van der Waals surface area contributed by atoms with E-state index in [2.05, 4.69) is 28.2 Å². The zero-order valence-corrected chi connectivity index (χ0v) is 33.8. The van der Waals surface area contributed by atoms with Gasteiger partial charge in [-0.25, -0.2) is 18.6 Å². The first-order valence-electron chi connectivity index (χ1n) is 20.0. The fourth-order valence-corrected chi connectivity index (χ4v) is 8.68. The van der Waals surface area contributed by atoms with Crippen molar-refractivity contribution >= 4 is 29.6 Å². The molecule has 9 atom stereocenters. The minimum atomic E-state index is -1.33. The van der Waals surface area contributed by atoms with Crippen LogP contribution < -0.4 is 21.3 Å². The monoisotopic (exact) mass is 812 g/mol. The quantitative estimate of drug-likeness (QED) is 0.125. The largest absolute Gasteiger partial charge is 0.435 e. The topological polar surface area (TPSA) is 180 Å². The van der Waals surface area contributed by atoms with Crippen LogP contribution in [0.2, 0.25) is 0 Å². The van der Waals surface area contributed by atoms with E-state index in [1.165, 1.54) is 30.3 Å². The lowest BCUT2D eigenvalue weighted by Crippen LogP contribution is -2.70. The number of rotatable bonds is 13. The number of amides is 4. The van der Waals surface area contributed by atoms with E-state index in [4.69, 9.17) is 24.0 Å². The summed E-state index contributed by atoms with van der Waals surface area (Å²) in [5.41, 5.74) is -1.26. The van der Waals surface area contributed by atoms with E-state index in [-0.39, 0.29) is 54.8 Å². The molecule has 0 radical (unpaired) electrons. The van der Waals surface area contributed by atoms with Crippen LogP contribution in [-0.2, 0) is 43.2 Å². The van der Waals surface area contributed by atoms with Crippen molar-refractivity contribution in [1.82, 2.24) is 21.3 Å². The van der Waals surface area contributed by atoms with Gasteiger partial charge in [-0.15, -0.1) is 0 Å². The molecule has 1 aliphatic carbocycles. The van der Waals surface area contributed by atoms with E-state index in [9.17, 15) is 32.8 Å². The molecule has 1 spiro atoms. The Bertz CT molecular complexity index is 1890. The molecule has 5 fully saturated rings. The molecule has 2 aromatic rings. The second kappa shape index (κ2) is 17.4. The lowest BCUT2D eigenvalue weighted by molar-refractivity contribution is -0.576. The van der Waals surface area contributed by atoms with Crippen LogP contribution in [0, 0.1) is 35.3 Å². The molecule has 16 heteroatoms. The molecule has 4 N–H and O–H groups in total. The third kappa shape index (κ3) is 9.51. The van der Waals surface area contributed by atoms with Gasteiger partial charge in [-0.05, 0) is 82.6 Å². The molecule has 316 valence electrons. The molecule has 0 unspecified atom stereocenters. The second-order valence-corrected chi connectivity index (χ2v) is 17.1. The van der Waals surface area contributed by atoms with Crippen LogP contribution in [0.4, 0.5) is 8.78 Å². The third-order valence-corrected chi connectivity index (χ3v) is 11.6. The maximum atomic E-state index is 14.6. The summed E-state index contributed by atoms with van der Waals surface area (Å²) in [5, 5.41) is 10.4. The normalized spacial score (nSPS) is 29.2. The molecule has 0 aromatic heterocycles. The van der Waals surface area contributed by atoms with Gasteiger partial charge in [0, 0.05) is 48.9 Å². The van der Waals surface area contributed by atoms with Crippen molar-refractivity contribution in [3.05, 3.63) is 59.7 Å². The molecule has 4 heterocycles. The molecular formula is C42H54F2N4O10. The highest BCUT2D eigenvalue weighted by atomic mass is 19.1. The zero-order chi connectivity index (χ0) is 42.0. The summed E-state index contributed by atoms with van der Waals surface area (Å²) in [4.78, 5) is 77.2. The van der Waals surface area contributed by atoms with Crippen LogP contribution in [0.15, 0.2) is 42.5 Å². The highest BCUT2D eigenvalue weighted by Gasteiger charge is 2.69. The van der Waals surface area contributed by atoms with Crippen molar-refractivity contribution in [2.24, 2.45) is 23.7 Å². The van der Waals surface area contributed by atoms with Gasteiger partial charge in [0.15, 0.2) is 11.9 Å². The number of benzene rings is 2. The summed E-state index contributed by atoms with van der Waals surface area (Å²) in [6.07, 6.45) is 0.400. The molecule has 58 heavy (non-hydrogen) atoms. The SMILES string of the molecule is C[C@H]1[C@H](OC(=O)CCC(=O)N[C@@H](CC(=O)NC(C)(C)C)C(=O)NCCNC(=O)c2cc(-c3ccccc3F)ccc2F)O[C@@H]2O[C@@]3(C)CC[C@H]4[C@H](C)CC[C@@H]1[C@@]24OO3. The van der Waals surface area contributed by atoms with Gasteiger partial charge in [0.1, 0.15) is 17.7 Å². The van der Waals surface area contributed by atoms with Crippen LogP contribution in [0.1, 0.15) is 96.8 Å². The summed E-state index contributed by atoms with van der Waals surface area (Å²) in [6, 6.07) is 8.24. The lowest BCUT2D eigenvalue weighted by atomic mass is 9.58.